The van der Waals surface area contributed by atoms with E-state index in [9.17, 15) is 4.79 Å². The van der Waals surface area contributed by atoms with Crippen LogP contribution < -0.4 is 0 Å². The molecule has 7 nitrogen and oxygen atoms in total. The Hall–Kier alpha value is -4.41. The Labute approximate surface area is 215 Å². The van der Waals surface area contributed by atoms with E-state index in [0.29, 0.717) is 37.9 Å². The molecular formula is C30H27N5O2. The van der Waals surface area contributed by atoms with Gasteiger partial charge in [-0.3, -0.25) is 9.20 Å². The van der Waals surface area contributed by atoms with Crippen molar-refractivity contribution in [1.82, 2.24) is 23.8 Å². The molecule has 0 spiro atoms. The maximum Gasteiger partial charge on any atom is 0.254 e. The molecule has 1 aliphatic heterocycles. The van der Waals surface area contributed by atoms with Gasteiger partial charge in [0.2, 0.25) is 0 Å². The molecule has 0 radical (unpaired) electrons. The first-order valence-corrected chi connectivity index (χ1v) is 12.5. The Bertz CT molecular complexity index is 1660. The molecule has 5 aromatic rings. The molecule has 0 N–H and O–H groups in total. The summed E-state index contributed by atoms with van der Waals surface area (Å²) >= 11 is 0. The van der Waals surface area contributed by atoms with Crippen molar-refractivity contribution in [3.05, 3.63) is 90.1 Å². The average Bonchev–Trinajstić information content (AvgIpc) is 3.55. The van der Waals surface area contributed by atoms with Crippen molar-refractivity contribution >= 4 is 22.6 Å². The lowest BCUT2D eigenvalue weighted by Gasteiger charge is -2.26. The number of amides is 1. The summed E-state index contributed by atoms with van der Waals surface area (Å²) in [6, 6.07) is 18.2. The fourth-order valence-corrected chi connectivity index (χ4v) is 4.65. The largest absolute Gasteiger partial charge is 0.378 e. The molecule has 0 aliphatic carbocycles. The van der Waals surface area contributed by atoms with Crippen LogP contribution >= 0.6 is 0 Å². The predicted molar refractivity (Wildman–Crippen MR) is 143 cm³/mol. The highest BCUT2D eigenvalue weighted by Crippen LogP contribution is 2.23. The third kappa shape index (κ3) is 4.48. The second-order valence-electron chi connectivity index (χ2n) is 9.47. The fourth-order valence-electron chi connectivity index (χ4n) is 4.65. The Morgan fingerprint density at radius 3 is 2.51 bits per heavy atom. The van der Waals surface area contributed by atoms with Gasteiger partial charge in [-0.05, 0) is 73.4 Å². The van der Waals surface area contributed by atoms with Crippen molar-refractivity contribution in [2.75, 3.05) is 26.3 Å². The first-order chi connectivity index (χ1) is 18.1. The summed E-state index contributed by atoms with van der Waals surface area (Å²) in [5.41, 5.74) is 7.38. The Morgan fingerprint density at radius 1 is 0.946 bits per heavy atom. The maximum atomic E-state index is 12.8. The second-order valence-corrected chi connectivity index (χ2v) is 9.47. The standard InChI is InChI=1S/C30H27N5O2/c1-21(2)35-20-32-27-11-4-22(17-28(27)35)3-10-26-18-31-29-12-9-25(19-34(26)29)23-5-7-24(8-6-23)30(36)33-13-15-37-16-14-33/h4-9,11-12,17-21H,13-16H2,1-2H3. The lowest BCUT2D eigenvalue weighted by molar-refractivity contribution is 0.0303. The summed E-state index contributed by atoms with van der Waals surface area (Å²) in [6.45, 7) is 6.75. The molecular weight excluding hydrogens is 462 g/mol. The highest BCUT2D eigenvalue weighted by molar-refractivity contribution is 5.94. The van der Waals surface area contributed by atoms with Crippen LogP contribution in [0.1, 0.15) is 41.5 Å². The molecule has 1 fully saturated rings. The van der Waals surface area contributed by atoms with E-state index in [4.69, 9.17) is 4.74 Å². The van der Waals surface area contributed by atoms with Gasteiger partial charge in [-0.1, -0.05) is 18.1 Å². The summed E-state index contributed by atoms with van der Waals surface area (Å²) in [4.78, 5) is 23.6. The molecule has 37 heavy (non-hydrogen) atoms. The number of pyridine rings is 1. The van der Waals surface area contributed by atoms with Crippen LogP contribution in [-0.4, -0.2) is 56.0 Å². The van der Waals surface area contributed by atoms with E-state index in [0.717, 1.165) is 39.1 Å². The molecule has 1 aliphatic rings. The third-order valence-electron chi connectivity index (χ3n) is 6.74. The number of carbonyl (C=O) groups is 1. The van der Waals surface area contributed by atoms with Crippen molar-refractivity contribution < 1.29 is 9.53 Å². The zero-order valence-corrected chi connectivity index (χ0v) is 20.9. The van der Waals surface area contributed by atoms with Gasteiger partial charge in [0.15, 0.2) is 0 Å². The van der Waals surface area contributed by atoms with Crippen LogP contribution in [0.25, 0.3) is 27.8 Å². The van der Waals surface area contributed by atoms with E-state index in [1.807, 2.05) is 70.4 Å². The van der Waals surface area contributed by atoms with Gasteiger partial charge >= 0.3 is 0 Å². The van der Waals surface area contributed by atoms with Crippen LogP contribution in [0, 0.1) is 11.8 Å². The zero-order valence-electron chi connectivity index (χ0n) is 20.9. The monoisotopic (exact) mass is 489 g/mol. The SMILES string of the molecule is CC(C)n1cnc2ccc(C#Cc3cnc4ccc(-c5ccc(C(=O)N6CCOCC6)cc5)cn34)cc21. The molecule has 0 saturated carbocycles. The van der Waals surface area contributed by atoms with Crippen molar-refractivity contribution in [2.45, 2.75) is 19.9 Å². The van der Waals surface area contributed by atoms with E-state index in [-0.39, 0.29) is 5.91 Å². The van der Waals surface area contributed by atoms with E-state index in [1.54, 1.807) is 6.20 Å². The molecule has 6 rings (SSSR count). The summed E-state index contributed by atoms with van der Waals surface area (Å²) in [6.07, 6.45) is 5.72. The minimum atomic E-state index is 0.0482. The Morgan fingerprint density at radius 2 is 1.73 bits per heavy atom. The first-order valence-electron chi connectivity index (χ1n) is 12.5. The van der Waals surface area contributed by atoms with Gasteiger partial charge in [0.1, 0.15) is 11.3 Å². The van der Waals surface area contributed by atoms with E-state index < -0.39 is 0 Å². The van der Waals surface area contributed by atoms with Crippen LogP contribution in [-0.2, 0) is 4.74 Å². The smallest absolute Gasteiger partial charge is 0.254 e. The van der Waals surface area contributed by atoms with E-state index in [1.165, 1.54) is 0 Å². The number of imidazole rings is 2. The van der Waals surface area contributed by atoms with Gasteiger partial charge in [0.25, 0.3) is 5.91 Å². The number of rotatable bonds is 3. The van der Waals surface area contributed by atoms with Crippen LogP contribution in [0.2, 0.25) is 0 Å². The number of carbonyl (C=O) groups excluding carboxylic acids is 1. The van der Waals surface area contributed by atoms with Gasteiger partial charge in [-0.2, -0.15) is 0 Å². The number of benzene rings is 2. The minimum Gasteiger partial charge on any atom is -0.378 e. The molecule has 0 bridgehead atoms. The van der Waals surface area contributed by atoms with Gasteiger partial charge in [-0.15, -0.1) is 0 Å². The molecule has 0 atom stereocenters. The van der Waals surface area contributed by atoms with Gasteiger partial charge in [0, 0.05) is 36.5 Å². The van der Waals surface area contributed by atoms with Crippen LogP contribution in [0.5, 0.6) is 0 Å². The third-order valence-corrected chi connectivity index (χ3v) is 6.74. The second kappa shape index (κ2) is 9.57. The van der Waals surface area contributed by atoms with Crippen molar-refractivity contribution in [1.29, 1.82) is 0 Å². The quantitative estimate of drug-likeness (QED) is 0.342. The number of fused-ring (bicyclic) bond motifs is 2. The zero-order chi connectivity index (χ0) is 25.4. The molecule has 1 amide bonds. The Kier molecular flexibility index (Phi) is 5.95. The lowest BCUT2D eigenvalue weighted by atomic mass is 10.0. The summed E-state index contributed by atoms with van der Waals surface area (Å²) < 4.78 is 9.52. The maximum absolute atomic E-state index is 12.8. The minimum absolute atomic E-state index is 0.0482. The normalized spacial score (nSPS) is 13.8. The number of nitrogens with zero attached hydrogens (tertiary/aromatic N) is 5. The average molecular weight is 490 g/mol. The number of ether oxygens (including phenoxy) is 1. The van der Waals surface area contributed by atoms with Gasteiger partial charge in [-0.25, -0.2) is 9.97 Å². The summed E-state index contributed by atoms with van der Waals surface area (Å²) in [7, 11) is 0. The van der Waals surface area contributed by atoms with E-state index >= 15 is 0 Å². The fraction of sp³-hybridized carbons (Fsp3) is 0.233. The highest BCUT2D eigenvalue weighted by Gasteiger charge is 2.18. The number of hydrogen-bond acceptors (Lipinski definition) is 4. The van der Waals surface area contributed by atoms with Crippen LogP contribution in [0.15, 0.2) is 73.3 Å². The Balaban J connectivity index is 1.27. The number of morpholine rings is 1. The summed E-state index contributed by atoms with van der Waals surface area (Å²) in [5.74, 6) is 6.63. The predicted octanol–water partition coefficient (Wildman–Crippen LogP) is 4.80. The highest BCUT2D eigenvalue weighted by atomic mass is 16.5. The van der Waals surface area contributed by atoms with E-state index in [2.05, 4.69) is 46.3 Å². The molecule has 2 aromatic carbocycles. The lowest BCUT2D eigenvalue weighted by Crippen LogP contribution is -2.40. The number of aromatic nitrogens is 4. The van der Waals surface area contributed by atoms with Crippen molar-refractivity contribution in [3.63, 3.8) is 0 Å². The molecule has 4 heterocycles. The molecule has 3 aromatic heterocycles. The van der Waals surface area contributed by atoms with Crippen molar-refractivity contribution in [3.8, 4) is 23.0 Å². The van der Waals surface area contributed by atoms with Gasteiger partial charge < -0.3 is 14.2 Å². The molecule has 1 saturated heterocycles. The molecule has 0 unspecified atom stereocenters. The topological polar surface area (TPSA) is 64.7 Å². The molecule has 7 heteroatoms. The molecule has 184 valence electrons. The van der Waals surface area contributed by atoms with Crippen molar-refractivity contribution in [2.24, 2.45) is 0 Å². The first kappa shape index (κ1) is 23.0. The van der Waals surface area contributed by atoms with Crippen LogP contribution in [0.4, 0.5) is 0 Å². The van der Waals surface area contributed by atoms with Crippen LogP contribution in [0.3, 0.4) is 0 Å². The van der Waals surface area contributed by atoms with Gasteiger partial charge in [0.05, 0.1) is 36.8 Å². The number of hydrogen-bond donors (Lipinski definition) is 0. The summed E-state index contributed by atoms with van der Waals surface area (Å²) in [5, 5.41) is 0.